The Morgan fingerprint density at radius 2 is 1.59 bits per heavy atom. The summed E-state index contributed by atoms with van der Waals surface area (Å²) in [5.41, 5.74) is 0.676. The van der Waals surface area contributed by atoms with E-state index in [1.165, 1.54) is 0 Å². The molecule has 0 aromatic heterocycles. The Morgan fingerprint density at radius 1 is 0.966 bits per heavy atom. The average molecular weight is 393 g/mol. The summed E-state index contributed by atoms with van der Waals surface area (Å²) >= 11 is 0. The Bertz CT molecular complexity index is 868. The number of amides is 1. The van der Waals surface area contributed by atoms with E-state index in [-0.39, 0.29) is 5.91 Å². The third-order valence-corrected chi connectivity index (χ3v) is 6.47. The maximum atomic E-state index is 12.8. The zero-order valence-electron chi connectivity index (χ0n) is 16.8. The molecule has 1 spiro atoms. The monoisotopic (exact) mass is 393 g/mol. The van der Waals surface area contributed by atoms with Crippen molar-refractivity contribution in [2.75, 3.05) is 31.2 Å². The van der Waals surface area contributed by atoms with E-state index < -0.39 is 11.3 Å². The number of fused-ring (bicyclic) bond motifs is 1. The van der Waals surface area contributed by atoms with E-state index in [0.29, 0.717) is 6.67 Å². The highest BCUT2D eigenvalue weighted by atomic mass is 16.7. The van der Waals surface area contributed by atoms with Crippen molar-refractivity contribution in [1.29, 1.82) is 0 Å². The van der Waals surface area contributed by atoms with Crippen LogP contribution >= 0.6 is 0 Å². The Kier molecular flexibility index (Phi) is 4.39. The van der Waals surface area contributed by atoms with Crippen LogP contribution in [0.25, 0.3) is 0 Å². The zero-order valence-corrected chi connectivity index (χ0v) is 16.8. The topological polar surface area (TPSA) is 54.0 Å². The lowest BCUT2D eigenvalue weighted by molar-refractivity contribution is -0.125. The number of likely N-dealkylation sites (tertiary alicyclic amines) is 1. The minimum Gasteiger partial charge on any atom is -0.449 e. The fourth-order valence-corrected chi connectivity index (χ4v) is 4.75. The fourth-order valence-electron chi connectivity index (χ4n) is 4.75. The summed E-state index contributed by atoms with van der Waals surface area (Å²) in [6.45, 7) is 5.24. The minimum absolute atomic E-state index is 0.158. The number of hydrogen-bond acceptors (Lipinski definition) is 5. The van der Waals surface area contributed by atoms with Gasteiger partial charge in [0.25, 0.3) is 0 Å². The third-order valence-electron chi connectivity index (χ3n) is 6.47. The molecule has 6 nitrogen and oxygen atoms in total. The van der Waals surface area contributed by atoms with E-state index in [4.69, 9.17) is 9.47 Å². The molecule has 3 aliphatic rings. The Balaban J connectivity index is 1.21. The van der Waals surface area contributed by atoms with Crippen LogP contribution < -0.4 is 19.7 Å². The molecule has 6 heteroatoms. The number of para-hydroxylation sites is 3. The number of ether oxygens (including phenoxy) is 2. The van der Waals surface area contributed by atoms with Gasteiger partial charge in [0.1, 0.15) is 5.54 Å². The first-order valence-corrected chi connectivity index (χ1v) is 10.4. The molecular weight excluding hydrogens is 366 g/mol. The molecule has 3 heterocycles. The first-order valence-electron chi connectivity index (χ1n) is 10.4. The lowest BCUT2D eigenvalue weighted by atomic mass is 9.85. The highest BCUT2D eigenvalue weighted by Crippen LogP contribution is 2.41. The van der Waals surface area contributed by atoms with Crippen molar-refractivity contribution < 1.29 is 14.3 Å². The fraction of sp³-hybridized carbons (Fsp3) is 0.435. The van der Waals surface area contributed by atoms with Crippen molar-refractivity contribution in [2.45, 2.75) is 37.5 Å². The quantitative estimate of drug-likeness (QED) is 0.866. The van der Waals surface area contributed by atoms with Crippen LogP contribution in [-0.2, 0) is 4.79 Å². The molecule has 5 rings (SSSR count). The lowest BCUT2D eigenvalue weighted by Gasteiger charge is -2.43. The number of anilines is 1. The van der Waals surface area contributed by atoms with Crippen molar-refractivity contribution in [1.82, 2.24) is 10.2 Å². The number of nitrogens with one attached hydrogen (secondary N) is 1. The Hall–Kier alpha value is -2.73. The van der Waals surface area contributed by atoms with Gasteiger partial charge in [0, 0.05) is 38.7 Å². The number of nitrogens with zero attached hydrogens (tertiary/aromatic N) is 2. The molecule has 0 saturated carbocycles. The molecule has 0 radical (unpaired) electrons. The summed E-state index contributed by atoms with van der Waals surface area (Å²) < 4.78 is 12.1. The van der Waals surface area contributed by atoms with Crippen molar-refractivity contribution in [3.05, 3.63) is 54.6 Å². The second-order valence-corrected chi connectivity index (χ2v) is 8.34. The molecule has 3 aliphatic heterocycles. The van der Waals surface area contributed by atoms with Crippen LogP contribution in [0.2, 0.25) is 0 Å². The van der Waals surface area contributed by atoms with Gasteiger partial charge >= 0.3 is 0 Å². The van der Waals surface area contributed by atoms with Gasteiger partial charge in [-0.05, 0) is 37.1 Å². The summed E-state index contributed by atoms with van der Waals surface area (Å²) in [7, 11) is 0. The number of carbonyl (C=O) groups is 1. The average Bonchev–Trinajstić information content (AvgIpc) is 3.25. The molecule has 1 N–H and O–H groups in total. The van der Waals surface area contributed by atoms with E-state index >= 15 is 0 Å². The Morgan fingerprint density at radius 3 is 2.24 bits per heavy atom. The summed E-state index contributed by atoms with van der Waals surface area (Å²) in [5.74, 6) is 1.16. The van der Waals surface area contributed by atoms with E-state index in [1.807, 2.05) is 49.4 Å². The van der Waals surface area contributed by atoms with E-state index in [0.717, 1.165) is 56.1 Å². The molecule has 2 saturated heterocycles. The maximum Gasteiger partial charge on any atom is 0.250 e. The van der Waals surface area contributed by atoms with Crippen molar-refractivity contribution >= 4 is 11.6 Å². The van der Waals surface area contributed by atoms with Crippen LogP contribution in [0.15, 0.2) is 54.6 Å². The van der Waals surface area contributed by atoms with Crippen LogP contribution in [0.4, 0.5) is 5.69 Å². The molecule has 2 aromatic carbocycles. The summed E-state index contributed by atoms with van der Waals surface area (Å²) in [4.78, 5) is 17.4. The van der Waals surface area contributed by atoms with Gasteiger partial charge < -0.3 is 24.6 Å². The minimum atomic E-state index is -0.625. The van der Waals surface area contributed by atoms with Crippen molar-refractivity contribution in [3.8, 4) is 11.5 Å². The maximum absolute atomic E-state index is 12.8. The molecule has 0 atom stereocenters. The molecule has 2 aromatic rings. The van der Waals surface area contributed by atoms with Gasteiger partial charge in [0.05, 0.1) is 6.67 Å². The Labute approximate surface area is 171 Å². The largest absolute Gasteiger partial charge is 0.449 e. The number of rotatable bonds is 4. The molecule has 2 fully saturated rings. The second kappa shape index (κ2) is 6.95. The SMILES string of the molecule is CC1(CCN2CCC3(CC2)C(=O)NCN3c2ccccc2)Oc2ccccc2O1. The number of hydrogen-bond donors (Lipinski definition) is 1. The predicted octanol–water partition coefficient (Wildman–Crippen LogP) is 2.99. The van der Waals surface area contributed by atoms with Gasteiger partial charge in [-0.1, -0.05) is 30.3 Å². The van der Waals surface area contributed by atoms with Gasteiger partial charge in [-0.3, -0.25) is 4.79 Å². The van der Waals surface area contributed by atoms with E-state index in [9.17, 15) is 4.79 Å². The van der Waals surface area contributed by atoms with Crippen LogP contribution in [-0.4, -0.2) is 48.4 Å². The predicted molar refractivity (Wildman–Crippen MR) is 111 cm³/mol. The first-order chi connectivity index (χ1) is 14.1. The smallest absolute Gasteiger partial charge is 0.250 e. The summed E-state index contributed by atoms with van der Waals surface area (Å²) in [6.07, 6.45) is 2.43. The van der Waals surface area contributed by atoms with Gasteiger partial charge in [-0.2, -0.15) is 0 Å². The molecule has 152 valence electrons. The molecule has 29 heavy (non-hydrogen) atoms. The third kappa shape index (κ3) is 3.21. The highest BCUT2D eigenvalue weighted by molar-refractivity contribution is 5.93. The van der Waals surface area contributed by atoms with Gasteiger partial charge in [0.2, 0.25) is 11.7 Å². The van der Waals surface area contributed by atoms with Crippen LogP contribution in [0.1, 0.15) is 26.2 Å². The molecule has 1 amide bonds. The van der Waals surface area contributed by atoms with Crippen LogP contribution in [0, 0.1) is 0 Å². The highest BCUT2D eigenvalue weighted by Gasteiger charge is 2.50. The van der Waals surface area contributed by atoms with Crippen molar-refractivity contribution in [3.63, 3.8) is 0 Å². The number of carbonyl (C=O) groups excluding carboxylic acids is 1. The van der Waals surface area contributed by atoms with Crippen molar-refractivity contribution in [2.24, 2.45) is 0 Å². The second-order valence-electron chi connectivity index (χ2n) is 8.34. The van der Waals surface area contributed by atoms with Gasteiger partial charge in [-0.25, -0.2) is 0 Å². The summed E-state index contributed by atoms with van der Waals surface area (Å²) in [6, 6.07) is 18.1. The normalized spacial score (nSPS) is 22.1. The zero-order chi connectivity index (χ0) is 19.9. The number of benzene rings is 2. The molecular formula is C23H27N3O3. The van der Waals surface area contributed by atoms with E-state index in [1.54, 1.807) is 0 Å². The molecule has 0 aliphatic carbocycles. The van der Waals surface area contributed by atoms with Gasteiger partial charge in [-0.15, -0.1) is 0 Å². The van der Waals surface area contributed by atoms with Crippen LogP contribution in [0.5, 0.6) is 11.5 Å². The standard InChI is InChI=1S/C23H27N3O3/c1-22(28-19-9-5-6-10-20(19)29-22)11-14-25-15-12-23(13-16-25)21(27)24-17-26(23)18-7-3-2-4-8-18/h2-10H,11-17H2,1H3,(H,24,27). The van der Waals surface area contributed by atoms with Crippen LogP contribution in [0.3, 0.4) is 0 Å². The van der Waals surface area contributed by atoms with Gasteiger partial charge in [0.15, 0.2) is 11.5 Å². The first kappa shape index (κ1) is 18.3. The summed E-state index contributed by atoms with van der Waals surface area (Å²) in [5, 5.41) is 3.06. The molecule has 0 unspecified atom stereocenters. The number of piperidine rings is 1. The van der Waals surface area contributed by atoms with E-state index in [2.05, 4.69) is 27.2 Å². The molecule has 0 bridgehead atoms. The lowest BCUT2D eigenvalue weighted by Crippen LogP contribution is -2.56.